The standard InChI is InChI=1S/C23H28FN3O2S/c1-25-30(28,29)17-19-2-5-20-9-15-27(23(20)16-19)22-10-13-26(14-11-22)12-8-18-3-6-21(24)7-4-18/h2-7,9,15-16,22,25H,8,10-14,17H2,1H3. The Balaban J connectivity index is 1.39. The van der Waals surface area contributed by atoms with Gasteiger partial charge in [0, 0.05) is 37.4 Å². The quantitative estimate of drug-likeness (QED) is 0.623. The first kappa shape index (κ1) is 21.0. The number of aromatic nitrogens is 1. The zero-order valence-electron chi connectivity index (χ0n) is 17.2. The van der Waals surface area contributed by atoms with Crippen LogP contribution in [0.5, 0.6) is 0 Å². The molecule has 0 amide bonds. The minimum Gasteiger partial charge on any atom is -0.344 e. The van der Waals surface area contributed by atoms with E-state index in [1.807, 2.05) is 30.3 Å². The summed E-state index contributed by atoms with van der Waals surface area (Å²) < 4.78 is 41.5. The molecule has 0 spiro atoms. The molecule has 0 saturated carbocycles. The zero-order chi connectivity index (χ0) is 21.1. The van der Waals surface area contributed by atoms with E-state index >= 15 is 0 Å². The highest BCUT2D eigenvalue weighted by Gasteiger charge is 2.21. The Morgan fingerprint density at radius 3 is 2.43 bits per heavy atom. The number of nitrogens with one attached hydrogen (secondary N) is 1. The van der Waals surface area contributed by atoms with Gasteiger partial charge in [-0.1, -0.05) is 24.3 Å². The highest BCUT2D eigenvalue weighted by atomic mass is 32.2. The molecule has 0 atom stereocenters. The Kier molecular flexibility index (Phi) is 6.22. The van der Waals surface area contributed by atoms with Crippen LogP contribution in [0.25, 0.3) is 10.9 Å². The van der Waals surface area contributed by atoms with Crippen molar-refractivity contribution in [2.24, 2.45) is 0 Å². The van der Waals surface area contributed by atoms with Crippen LogP contribution in [-0.4, -0.2) is 44.6 Å². The van der Waals surface area contributed by atoms with Crippen molar-refractivity contribution in [2.75, 3.05) is 26.7 Å². The van der Waals surface area contributed by atoms with Gasteiger partial charge in [0.15, 0.2) is 0 Å². The maximum atomic E-state index is 13.0. The van der Waals surface area contributed by atoms with E-state index in [4.69, 9.17) is 0 Å². The average molecular weight is 430 g/mol. The second-order valence-corrected chi connectivity index (χ2v) is 9.96. The molecule has 1 aliphatic rings. The van der Waals surface area contributed by atoms with Crippen LogP contribution in [0.1, 0.15) is 30.0 Å². The third kappa shape index (κ3) is 4.91. The van der Waals surface area contributed by atoms with Crippen LogP contribution in [0.4, 0.5) is 4.39 Å². The molecule has 1 aliphatic heterocycles. The maximum Gasteiger partial charge on any atom is 0.215 e. The topological polar surface area (TPSA) is 54.3 Å². The SMILES string of the molecule is CNS(=O)(=O)Cc1ccc2ccn(C3CCN(CCc4ccc(F)cc4)CC3)c2c1. The lowest BCUT2D eigenvalue weighted by Crippen LogP contribution is -2.35. The van der Waals surface area contributed by atoms with Crippen molar-refractivity contribution in [3.63, 3.8) is 0 Å². The second kappa shape index (κ2) is 8.88. The van der Waals surface area contributed by atoms with E-state index in [0.29, 0.717) is 6.04 Å². The molecule has 4 rings (SSSR count). The van der Waals surface area contributed by atoms with Gasteiger partial charge in [-0.25, -0.2) is 17.5 Å². The Labute approximate surface area is 177 Å². The minimum absolute atomic E-state index is 0.00749. The van der Waals surface area contributed by atoms with E-state index in [9.17, 15) is 12.8 Å². The van der Waals surface area contributed by atoms with Crippen LogP contribution in [0, 0.1) is 5.82 Å². The van der Waals surface area contributed by atoms with Crippen LogP contribution < -0.4 is 4.72 Å². The van der Waals surface area contributed by atoms with E-state index in [1.165, 1.54) is 24.7 Å². The fourth-order valence-corrected chi connectivity index (χ4v) is 5.02. The smallest absolute Gasteiger partial charge is 0.215 e. The molecule has 0 radical (unpaired) electrons. The van der Waals surface area contributed by atoms with E-state index in [2.05, 4.69) is 26.5 Å². The van der Waals surface area contributed by atoms with E-state index in [1.54, 1.807) is 0 Å². The van der Waals surface area contributed by atoms with Gasteiger partial charge in [0.1, 0.15) is 5.82 Å². The summed E-state index contributed by atoms with van der Waals surface area (Å²) in [4.78, 5) is 2.47. The van der Waals surface area contributed by atoms with Gasteiger partial charge in [0.25, 0.3) is 0 Å². The van der Waals surface area contributed by atoms with Gasteiger partial charge in [-0.05, 0) is 67.1 Å². The number of nitrogens with zero attached hydrogens (tertiary/aromatic N) is 2. The van der Waals surface area contributed by atoms with Gasteiger partial charge in [0.2, 0.25) is 10.0 Å². The van der Waals surface area contributed by atoms with Crippen molar-refractivity contribution >= 4 is 20.9 Å². The van der Waals surface area contributed by atoms with Crippen molar-refractivity contribution < 1.29 is 12.8 Å². The van der Waals surface area contributed by atoms with Crippen LogP contribution in [0.3, 0.4) is 0 Å². The van der Waals surface area contributed by atoms with Gasteiger partial charge < -0.3 is 9.47 Å². The van der Waals surface area contributed by atoms with Gasteiger partial charge in [-0.3, -0.25) is 0 Å². The lowest BCUT2D eigenvalue weighted by atomic mass is 10.0. The van der Waals surface area contributed by atoms with Crippen molar-refractivity contribution in [2.45, 2.75) is 31.1 Å². The van der Waals surface area contributed by atoms with Crippen molar-refractivity contribution in [3.05, 3.63) is 71.7 Å². The van der Waals surface area contributed by atoms with Gasteiger partial charge in [-0.2, -0.15) is 0 Å². The van der Waals surface area contributed by atoms with E-state index < -0.39 is 10.0 Å². The highest BCUT2D eigenvalue weighted by Crippen LogP contribution is 2.29. The Morgan fingerprint density at radius 1 is 1.03 bits per heavy atom. The summed E-state index contributed by atoms with van der Waals surface area (Å²) in [7, 11) is -1.84. The van der Waals surface area contributed by atoms with E-state index in [-0.39, 0.29) is 11.6 Å². The number of sulfonamides is 1. The third-order valence-electron chi connectivity index (χ3n) is 6.04. The number of hydrogen-bond donors (Lipinski definition) is 1. The average Bonchev–Trinajstić information content (AvgIpc) is 3.17. The first-order valence-corrected chi connectivity index (χ1v) is 12.1. The highest BCUT2D eigenvalue weighted by molar-refractivity contribution is 7.88. The third-order valence-corrected chi connectivity index (χ3v) is 7.37. The van der Waals surface area contributed by atoms with Gasteiger partial charge in [-0.15, -0.1) is 0 Å². The van der Waals surface area contributed by atoms with Crippen LogP contribution >= 0.6 is 0 Å². The molecule has 1 aromatic heterocycles. The number of hydrogen-bond acceptors (Lipinski definition) is 3. The van der Waals surface area contributed by atoms with Crippen molar-refractivity contribution in [3.8, 4) is 0 Å². The number of piperidine rings is 1. The summed E-state index contributed by atoms with van der Waals surface area (Å²) >= 11 is 0. The van der Waals surface area contributed by atoms with Crippen molar-refractivity contribution in [1.82, 2.24) is 14.2 Å². The molecule has 160 valence electrons. The molecule has 30 heavy (non-hydrogen) atoms. The van der Waals surface area contributed by atoms with Crippen LogP contribution in [0.15, 0.2) is 54.7 Å². The predicted molar refractivity (Wildman–Crippen MR) is 118 cm³/mol. The molecule has 1 N–H and O–H groups in total. The number of rotatable bonds is 7. The molecule has 1 fully saturated rings. The first-order valence-electron chi connectivity index (χ1n) is 10.4. The normalized spacial score (nSPS) is 16.3. The summed E-state index contributed by atoms with van der Waals surface area (Å²) in [6.45, 7) is 3.04. The minimum atomic E-state index is -3.29. The first-order chi connectivity index (χ1) is 14.4. The lowest BCUT2D eigenvalue weighted by Gasteiger charge is -2.33. The molecular formula is C23H28FN3O2S. The summed E-state index contributed by atoms with van der Waals surface area (Å²) in [6, 6.07) is 15.2. The molecule has 2 aromatic carbocycles. The summed E-state index contributed by atoms with van der Waals surface area (Å²) in [5, 5.41) is 1.14. The number of benzene rings is 2. The fraction of sp³-hybridized carbons (Fsp3) is 0.391. The molecule has 1 saturated heterocycles. The Bertz CT molecular complexity index is 1100. The molecule has 0 bridgehead atoms. The van der Waals surface area contributed by atoms with E-state index in [0.717, 1.165) is 55.4 Å². The lowest BCUT2D eigenvalue weighted by molar-refractivity contribution is 0.190. The maximum absolute atomic E-state index is 13.0. The Hall–Kier alpha value is -2.22. The molecule has 0 aliphatic carbocycles. The van der Waals surface area contributed by atoms with Gasteiger partial charge in [0.05, 0.1) is 5.75 Å². The van der Waals surface area contributed by atoms with Crippen LogP contribution in [-0.2, 0) is 22.2 Å². The summed E-state index contributed by atoms with van der Waals surface area (Å²) in [5.41, 5.74) is 3.07. The zero-order valence-corrected chi connectivity index (χ0v) is 18.0. The summed E-state index contributed by atoms with van der Waals surface area (Å²) in [5.74, 6) is -0.197. The van der Waals surface area contributed by atoms with Crippen LogP contribution in [0.2, 0.25) is 0 Å². The van der Waals surface area contributed by atoms with Crippen molar-refractivity contribution in [1.29, 1.82) is 0 Å². The molecule has 7 heteroatoms. The monoisotopic (exact) mass is 429 g/mol. The predicted octanol–water partition coefficient (Wildman–Crippen LogP) is 3.71. The second-order valence-electron chi connectivity index (χ2n) is 8.03. The molecule has 3 aromatic rings. The number of fused-ring (bicyclic) bond motifs is 1. The molecule has 5 nitrogen and oxygen atoms in total. The number of halogens is 1. The fourth-order valence-electron chi connectivity index (χ4n) is 4.25. The molecule has 2 heterocycles. The number of likely N-dealkylation sites (tertiary alicyclic amines) is 1. The summed E-state index contributed by atoms with van der Waals surface area (Å²) in [6.07, 6.45) is 5.18. The molecular weight excluding hydrogens is 401 g/mol. The largest absolute Gasteiger partial charge is 0.344 e. The molecule has 0 unspecified atom stereocenters. The Morgan fingerprint density at radius 2 is 1.73 bits per heavy atom. The van der Waals surface area contributed by atoms with Gasteiger partial charge >= 0.3 is 0 Å².